The second-order valence-electron chi connectivity index (χ2n) is 11.4. The molecule has 3 aromatic heterocycles. The largest absolute Gasteiger partial charge is 0.466 e. The zero-order valence-electron chi connectivity index (χ0n) is 26.4. The Labute approximate surface area is 278 Å². The highest BCUT2D eigenvalue weighted by Crippen LogP contribution is 2.44. The van der Waals surface area contributed by atoms with Gasteiger partial charge in [-0.15, -0.1) is 0 Å². The van der Waals surface area contributed by atoms with Gasteiger partial charge < -0.3 is 24.4 Å². The smallest absolute Gasteiger partial charge is 0.255 e. The van der Waals surface area contributed by atoms with Gasteiger partial charge in [0.1, 0.15) is 34.4 Å². The molecule has 2 amide bonds. The number of ether oxygens (including phenoxy) is 1. The summed E-state index contributed by atoms with van der Waals surface area (Å²) in [6.45, 7) is 2.98. The Balaban J connectivity index is 1.46. The number of hydrogen-bond donors (Lipinski definition) is 3. The van der Waals surface area contributed by atoms with Gasteiger partial charge in [0, 0.05) is 41.9 Å². The number of anilines is 1. The summed E-state index contributed by atoms with van der Waals surface area (Å²) < 4.78 is 71.4. The van der Waals surface area contributed by atoms with Crippen LogP contribution in [0.2, 0.25) is 0 Å². The van der Waals surface area contributed by atoms with Gasteiger partial charge >= 0.3 is 0 Å². The Kier molecular flexibility index (Phi) is 7.82. The maximum atomic E-state index is 15.0. The average Bonchev–Trinajstić information content (AvgIpc) is 3.66. The van der Waals surface area contributed by atoms with Gasteiger partial charge in [-0.1, -0.05) is 6.07 Å². The molecule has 7 rings (SSSR count). The fourth-order valence-electron chi connectivity index (χ4n) is 5.98. The van der Waals surface area contributed by atoms with E-state index in [0.717, 1.165) is 0 Å². The Morgan fingerprint density at radius 2 is 1.78 bits per heavy atom. The predicted molar refractivity (Wildman–Crippen MR) is 181 cm³/mol. The first-order valence-corrected chi connectivity index (χ1v) is 16.9. The van der Waals surface area contributed by atoms with Gasteiger partial charge in [-0.2, -0.15) is 0 Å². The minimum absolute atomic E-state index is 0.0998. The lowest BCUT2D eigenvalue weighted by Gasteiger charge is -2.29. The average molecular weight is 686 g/mol. The van der Waals surface area contributed by atoms with Gasteiger partial charge in [0.2, 0.25) is 15.9 Å². The molecular formula is C35H29F2N5O6S. The number of pyridine rings is 1. The summed E-state index contributed by atoms with van der Waals surface area (Å²) in [5, 5.41) is 6.06. The van der Waals surface area contributed by atoms with Crippen LogP contribution in [0.3, 0.4) is 0 Å². The van der Waals surface area contributed by atoms with Gasteiger partial charge in [-0.3, -0.25) is 14.3 Å². The molecule has 3 aromatic carbocycles. The number of nitrogens with zero attached hydrogens (tertiary/aromatic N) is 2. The van der Waals surface area contributed by atoms with E-state index in [1.807, 2.05) is 0 Å². The Morgan fingerprint density at radius 3 is 2.49 bits per heavy atom. The minimum Gasteiger partial charge on any atom is -0.466 e. The summed E-state index contributed by atoms with van der Waals surface area (Å²) in [6, 6.07) is 18.2. The molecule has 11 nitrogen and oxygen atoms in total. The van der Waals surface area contributed by atoms with E-state index in [1.165, 1.54) is 57.3 Å². The summed E-state index contributed by atoms with van der Waals surface area (Å²) in [6.07, 6.45) is -0.715. The molecule has 250 valence electrons. The lowest BCUT2D eigenvalue weighted by atomic mass is 10.0. The fourth-order valence-corrected chi connectivity index (χ4v) is 6.63. The number of fused-ring (bicyclic) bond motifs is 6. The van der Waals surface area contributed by atoms with Crippen LogP contribution in [0.1, 0.15) is 30.4 Å². The van der Waals surface area contributed by atoms with Crippen molar-refractivity contribution in [2.45, 2.75) is 20.1 Å². The Morgan fingerprint density at radius 1 is 1.00 bits per heavy atom. The topological polar surface area (TPSA) is 145 Å². The second-order valence-corrected chi connectivity index (χ2v) is 13.4. The number of benzene rings is 3. The number of furan rings is 1. The summed E-state index contributed by atoms with van der Waals surface area (Å²) in [5.41, 5.74) is 2.96. The molecule has 14 heteroatoms. The van der Waals surface area contributed by atoms with Crippen molar-refractivity contribution >= 4 is 49.4 Å². The van der Waals surface area contributed by atoms with Crippen LogP contribution in [0.15, 0.2) is 77.2 Å². The van der Waals surface area contributed by atoms with Gasteiger partial charge in [-0.25, -0.2) is 22.2 Å². The molecule has 0 spiro atoms. The van der Waals surface area contributed by atoms with Crippen molar-refractivity contribution in [3.8, 4) is 39.7 Å². The molecule has 1 unspecified atom stereocenters. The fraction of sp³-hybridized carbons (Fsp3) is 0.171. The molecule has 4 heterocycles. The Hall–Kier alpha value is -5.76. The quantitative estimate of drug-likeness (QED) is 0.173. The molecule has 6 aromatic rings. The standard InChI is InChI=1S/C35H29F2N5O6S/c1-4-49(45,46)41-26-16-30-23(32(35(44)38-3)34(48-30)19-8-10-20(36)11-9-19)14-22(26)25-12-13-29-33(40-25)28-15-21-24(37)6-5-7-27(21)42(28)31(47-29)17-39-18(2)43/h5-16,31,41H,4,17H2,1-3H3,(H,38,44)(H,39,43). The lowest BCUT2D eigenvalue weighted by molar-refractivity contribution is -0.119. The zero-order valence-corrected chi connectivity index (χ0v) is 27.2. The van der Waals surface area contributed by atoms with E-state index in [2.05, 4.69) is 15.4 Å². The zero-order chi connectivity index (χ0) is 34.6. The molecule has 0 fully saturated rings. The maximum absolute atomic E-state index is 15.0. The predicted octanol–water partition coefficient (Wildman–Crippen LogP) is 6.21. The van der Waals surface area contributed by atoms with E-state index >= 15 is 4.39 Å². The third-order valence-electron chi connectivity index (χ3n) is 8.32. The molecule has 1 aliphatic rings. The van der Waals surface area contributed by atoms with E-state index in [1.54, 1.807) is 41.0 Å². The first-order chi connectivity index (χ1) is 23.5. The van der Waals surface area contributed by atoms with Crippen LogP contribution in [0, 0.1) is 11.6 Å². The molecule has 3 N–H and O–H groups in total. The van der Waals surface area contributed by atoms with E-state index in [4.69, 9.17) is 14.1 Å². The first kappa shape index (κ1) is 31.8. The minimum atomic E-state index is -3.81. The van der Waals surface area contributed by atoms with Crippen LogP contribution < -0.4 is 20.1 Å². The van der Waals surface area contributed by atoms with Crippen molar-refractivity contribution in [3.63, 3.8) is 0 Å². The molecule has 0 radical (unpaired) electrons. The molecular weight excluding hydrogens is 656 g/mol. The van der Waals surface area contributed by atoms with Crippen molar-refractivity contribution in [1.29, 1.82) is 0 Å². The monoisotopic (exact) mass is 685 g/mol. The second kappa shape index (κ2) is 12.0. The third kappa shape index (κ3) is 5.63. The van der Waals surface area contributed by atoms with Crippen LogP contribution in [-0.4, -0.2) is 49.1 Å². The van der Waals surface area contributed by atoms with Crippen LogP contribution in [0.4, 0.5) is 14.5 Å². The number of amides is 2. The number of carbonyl (C=O) groups is 2. The number of rotatable bonds is 8. The van der Waals surface area contributed by atoms with Crippen molar-refractivity contribution in [3.05, 3.63) is 90.0 Å². The van der Waals surface area contributed by atoms with Crippen molar-refractivity contribution in [2.24, 2.45) is 0 Å². The summed E-state index contributed by atoms with van der Waals surface area (Å²) in [7, 11) is -2.34. The number of carbonyl (C=O) groups excluding carboxylic acids is 2. The first-order valence-electron chi connectivity index (χ1n) is 15.3. The number of halogens is 2. The van der Waals surface area contributed by atoms with Crippen molar-refractivity contribution < 1.29 is 35.9 Å². The van der Waals surface area contributed by atoms with Crippen LogP contribution in [0.25, 0.3) is 55.8 Å². The third-order valence-corrected chi connectivity index (χ3v) is 9.61. The van der Waals surface area contributed by atoms with Crippen LogP contribution in [0.5, 0.6) is 5.75 Å². The van der Waals surface area contributed by atoms with Gasteiger partial charge in [0.05, 0.1) is 40.5 Å². The maximum Gasteiger partial charge on any atom is 0.255 e. The molecule has 1 atom stereocenters. The summed E-state index contributed by atoms with van der Waals surface area (Å²) in [4.78, 5) is 30.0. The lowest BCUT2D eigenvalue weighted by Crippen LogP contribution is -2.34. The van der Waals surface area contributed by atoms with E-state index in [9.17, 15) is 22.4 Å². The number of nitrogens with one attached hydrogen (secondary N) is 3. The van der Waals surface area contributed by atoms with E-state index < -0.39 is 33.8 Å². The van der Waals surface area contributed by atoms with Crippen LogP contribution >= 0.6 is 0 Å². The number of aromatic nitrogens is 2. The van der Waals surface area contributed by atoms with Gasteiger partial charge in [0.15, 0.2) is 6.23 Å². The molecule has 1 aliphatic heterocycles. The molecule has 0 aliphatic carbocycles. The van der Waals surface area contributed by atoms with Crippen molar-refractivity contribution in [1.82, 2.24) is 20.2 Å². The molecule has 0 saturated heterocycles. The number of hydrogen-bond acceptors (Lipinski definition) is 7. The number of sulfonamides is 1. The highest BCUT2D eigenvalue weighted by molar-refractivity contribution is 7.92. The van der Waals surface area contributed by atoms with E-state index in [0.29, 0.717) is 50.2 Å². The normalized spacial score (nSPS) is 13.9. The van der Waals surface area contributed by atoms with Crippen molar-refractivity contribution in [2.75, 3.05) is 24.1 Å². The van der Waals surface area contributed by atoms with Gasteiger partial charge in [-0.05, 0) is 67.6 Å². The van der Waals surface area contributed by atoms with Gasteiger partial charge in [0.25, 0.3) is 5.91 Å². The summed E-state index contributed by atoms with van der Waals surface area (Å²) >= 11 is 0. The van der Waals surface area contributed by atoms with E-state index in [-0.39, 0.29) is 40.8 Å². The summed E-state index contributed by atoms with van der Waals surface area (Å²) in [5.74, 6) is -1.35. The molecule has 0 saturated carbocycles. The van der Waals surface area contributed by atoms with Crippen LogP contribution in [-0.2, 0) is 14.8 Å². The highest BCUT2D eigenvalue weighted by Gasteiger charge is 2.31. The highest BCUT2D eigenvalue weighted by atomic mass is 32.2. The molecule has 0 bridgehead atoms. The SMILES string of the molecule is CCS(=O)(=O)Nc1cc2oc(-c3ccc(F)cc3)c(C(=O)NC)c2cc1-c1ccc2c(n1)-c1cc3c(F)cccc3n1C(CNC(C)=O)O2. The molecule has 49 heavy (non-hydrogen) atoms. The Bertz CT molecular complexity index is 2420.